The summed E-state index contributed by atoms with van der Waals surface area (Å²) in [6.45, 7) is 4.02. The lowest BCUT2D eigenvalue weighted by Crippen LogP contribution is -2.58. The van der Waals surface area contributed by atoms with Gasteiger partial charge in [-0.2, -0.15) is 4.31 Å². The lowest BCUT2D eigenvalue weighted by atomic mass is 9.76. The Bertz CT molecular complexity index is 1520. The Kier molecular flexibility index (Phi) is 10.7. The summed E-state index contributed by atoms with van der Waals surface area (Å²) in [6.07, 6.45) is 2.12. The molecule has 4 atom stereocenters. The normalized spacial score (nSPS) is 21.5. The molecule has 0 aromatic heterocycles. The third kappa shape index (κ3) is 7.33. The van der Waals surface area contributed by atoms with Gasteiger partial charge in [-0.15, -0.1) is 0 Å². The van der Waals surface area contributed by atoms with Crippen molar-refractivity contribution >= 4 is 33.2 Å². The van der Waals surface area contributed by atoms with E-state index in [-0.39, 0.29) is 29.2 Å². The van der Waals surface area contributed by atoms with Gasteiger partial charge in [0.05, 0.1) is 10.9 Å². The monoisotopic (exact) mass is 642 g/mol. The van der Waals surface area contributed by atoms with Crippen LogP contribution in [0.5, 0.6) is 0 Å². The molecule has 44 heavy (non-hydrogen) atoms. The maximum Gasteiger partial charge on any atom is 0.243 e. The Hall–Kier alpha value is -2.86. The number of benzene rings is 3. The van der Waals surface area contributed by atoms with Gasteiger partial charge in [0.1, 0.15) is 5.82 Å². The number of nitrogens with one attached hydrogen (secondary N) is 2. The number of piperazine rings is 1. The topological polar surface area (TPSA) is 114 Å². The molecule has 1 amide bonds. The maximum atomic E-state index is 15.3. The smallest absolute Gasteiger partial charge is 0.243 e. The molecule has 0 unspecified atom stereocenters. The molecule has 0 radical (unpaired) electrons. The molecule has 8 nitrogen and oxygen atoms in total. The molecule has 2 saturated heterocycles. The molecule has 0 saturated carbocycles. The van der Waals surface area contributed by atoms with Crippen molar-refractivity contribution in [2.24, 2.45) is 11.7 Å². The fourth-order valence-electron chi connectivity index (χ4n) is 6.53. The number of nitrogens with two attached hydrogens (primary N) is 1. The zero-order chi connectivity index (χ0) is 31.3. The third-order valence-electron chi connectivity index (χ3n) is 8.76. The van der Waals surface area contributed by atoms with Gasteiger partial charge >= 0.3 is 0 Å². The molecule has 0 spiro atoms. The van der Waals surface area contributed by atoms with Crippen molar-refractivity contribution in [3.63, 3.8) is 0 Å². The summed E-state index contributed by atoms with van der Waals surface area (Å²) in [5, 5.41) is 6.81. The largest absolute Gasteiger partial charge is 0.381 e. The van der Waals surface area contributed by atoms with E-state index in [4.69, 9.17) is 22.1 Å². The zero-order valence-corrected chi connectivity index (χ0v) is 26.4. The SMILES string of the molecule is C[C@H]1CNC[C@H](CCc2c(F)cccc2NC(=O)[C@@H](N)[C@@H](c2ccc(Cl)cc2)C2CCOCC2)N1S(=O)(=O)c1ccccc1. The zero-order valence-electron chi connectivity index (χ0n) is 24.8. The van der Waals surface area contributed by atoms with Crippen molar-refractivity contribution in [2.45, 2.75) is 61.5 Å². The predicted molar refractivity (Wildman–Crippen MR) is 171 cm³/mol. The third-order valence-corrected chi connectivity index (χ3v) is 11.1. The van der Waals surface area contributed by atoms with Crippen molar-refractivity contribution in [2.75, 3.05) is 31.6 Å². The van der Waals surface area contributed by atoms with Gasteiger partial charge < -0.3 is 21.1 Å². The van der Waals surface area contributed by atoms with Crippen molar-refractivity contribution in [1.29, 1.82) is 0 Å². The van der Waals surface area contributed by atoms with Crippen LogP contribution >= 0.6 is 11.6 Å². The first-order chi connectivity index (χ1) is 21.2. The van der Waals surface area contributed by atoms with Crippen LogP contribution in [0.3, 0.4) is 0 Å². The van der Waals surface area contributed by atoms with Gasteiger partial charge in [-0.05, 0) is 80.5 Å². The molecule has 3 aromatic rings. The number of anilines is 1. The van der Waals surface area contributed by atoms with Gasteiger partial charge in [0.25, 0.3) is 0 Å². The molecule has 236 valence electrons. The quantitative estimate of drug-likeness (QED) is 0.289. The van der Waals surface area contributed by atoms with Crippen LogP contribution in [0.2, 0.25) is 5.02 Å². The molecule has 0 aliphatic carbocycles. The minimum atomic E-state index is -3.77. The first-order valence-electron chi connectivity index (χ1n) is 15.1. The minimum Gasteiger partial charge on any atom is -0.381 e. The maximum absolute atomic E-state index is 15.3. The van der Waals surface area contributed by atoms with Crippen LogP contribution < -0.4 is 16.4 Å². The fraction of sp³-hybridized carbons (Fsp3) is 0.424. The Morgan fingerprint density at radius 1 is 1.07 bits per heavy atom. The molecule has 2 aliphatic heterocycles. The Labute approximate surface area is 264 Å². The highest BCUT2D eigenvalue weighted by molar-refractivity contribution is 7.89. The first-order valence-corrected chi connectivity index (χ1v) is 16.9. The second-order valence-corrected chi connectivity index (χ2v) is 13.9. The average Bonchev–Trinajstić information content (AvgIpc) is 3.02. The number of sulfonamides is 1. The minimum absolute atomic E-state index is 0.135. The van der Waals surface area contributed by atoms with E-state index in [9.17, 15) is 13.2 Å². The average molecular weight is 643 g/mol. The van der Waals surface area contributed by atoms with Crippen molar-refractivity contribution < 1.29 is 22.3 Å². The van der Waals surface area contributed by atoms with Crippen LogP contribution in [0.1, 0.15) is 43.2 Å². The molecule has 3 aromatic carbocycles. The van der Waals surface area contributed by atoms with Crippen molar-refractivity contribution in [1.82, 2.24) is 9.62 Å². The number of amides is 1. The van der Waals surface area contributed by atoms with Crippen LogP contribution in [-0.4, -0.2) is 63.1 Å². The van der Waals surface area contributed by atoms with E-state index in [1.54, 1.807) is 58.9 Å². The number of hydrogen-bond acceptors (Lipinski definition) is 6. The number of ether oxygens (including phenoxy) is 1. The van der Waals surface area contributed by atoms with Crippen molar-refractivity contribution in [3.8, 4) is 0 Å². The van der Waals surface area contributed by atoms with Gasteiger partial charge in [0.2, 0.25) is 15.9 Å². The van der Waals surface area contributed by atoms with Crippen LogP contribution in [0.15, 0.2) is 77.7 Å². The summed E-state index contributed by atoms with van der Waals surface area (Å²) in [4.78, 5) is 13.9. The summed E-state index contributed by atoms with van der Waals surface area (Å²) in [6, 6.07) is 18.7. The molecule has 11 heteroatoms. The Morgan fingerprint density at radius 3 is 2.48 bits per heavy atom. The summed E-state index contributed by atoms with van der Waals surface area (Å²) in [5.74, 6) is -1.02. The molecular weight excluding hydrogens is 603 g/mol. The second-order valence-electron chi connectivity index (χ2n) is 11.7. The highest BCUT2D eigenvalue weighted by Crippen LogP contribution is 2.36. The first kappa shape index (κ1) is 32.5. The van der Waals surface area contributed by atoms with Gasteiger partial charge in [-0.1, -0.05) is 48.0 Å². The number of nitrogens with zero attached hydrogens (tertiary/aromatic N) is 1. The van der Waals surface area contributed by atoms with Crippen LogP contribution in [-0.2, 0) is 26.0 Å². The van der Waals surface area contributed by atoms with E-state index in [0.717, 1.165) is 18.4 Å². The number of carbonyl (C=O) groups excluding carboxylic acids is 1. The molecule has 5 rings (SSSR count). The van der Waals surface area contributed by atoms with Gasteiger partial charge in [-0.25, -0.2) is 12.8 Å². The number of carbonyl (C=O) groups is 1. The summed E-state index contributed by atoms with van der Waals surface area (Å²) < 4.78 is 49.7. The second kappa shape index (κ2) is 14.5. The van der Waals surface area contributed by atoms with Gasteiger partial charge in [0.15, 0.2) is 0 Å². The molecule has 4 N–H and O–H groups in total. The van der Waals surface area contributed by atoms with Crippen LogP contribution in [0.4, 0.5) is 10.1 Å². The van der Waals surface area contributed by atoms with Gasteiger partial charge in [-0.3, -0.25) is 4.79 Å². The lowest BCUT2D eigenvalue weighted by Gasteiger charge is -2.40. The van der Waals surface area contributed by atoms with E-state index in [2.05, 4.69) is 10.6 Å². The number of halogens is 2. The van der Waals surface area contributed by atoms with Crippen LogP contribution in [0, 0.1) is 11.7 Å². The fourth-order valence-corrected chi connectivity index (χ4v) is 8.52. The van der Waals surface area contributed by atoms with Crippen LogP contribution in [0.25, 0.3) is 0 Å². The summed E-state index contributed by atoms with van der Waals surface area (Å²) in [5.41, 5.74) is 8.24. The highest BCUT2D eigenvalue weighted by Gasteiger charge is 2.38. The van der Waals surface area contributed by atoms with E-state index >= 15 is 4.39 Å². The predicted octanol–water partition coefficient (Wildman–Crippen LogP) is 4.94. The van der Waals surface area contributed by atoms with E-state index in [0.29, 0.717) is 49.0 Å². The highest BCUT2D eigenvalue weighted by atomic mass is 35.5. The Morgan fingerprint density at radius 2 is 1.77 bits per heavy atom. The van der Waals surface area contributed by atoms with E-state index < -0.39 is 33.8 Å². The molecule has 2 aliphatic rings. The van der Waals surface area contributed by atoms with E-state index in [1.807, 2.05) is 19.1 Å². The molecule has 2 fully saturated rings. The summed E-state index contributed by atoms with van der Waals surface area (Å²) in [7, 11) is -3.77. The molecule has 0 bridgehead atoms. The standard InChI is InChI=1S/C33H40ClFN4O4S/c1-22-20-37-21-26(39(22)44(41,42)27-6-3-2-4-7-27)14-15-28-29(35)8-5-9-30(28)38-33(40)32(36)31(24-16-18-43-19-17-24)23-10-12-25(34)13-11-23/h2-13,22,24,26,31-32,37H,14-21,36H2,1H3,(H,38,40)/t22-,26-,31-,32-/m0/s1. The van der Waals surface area contributed by atoms with E-state index in [1.165, 1.54) is 6.07 Å². The lowest BCUT2D eigenvalue weighted by molar-refractivity contribution is -0.118. The Balaban J connectivity index is 1.35. The van der Waals surface area contributed by atoms with Crippen molar-refractivity contribution in [3.05, 3.63) is 94.8 Å². The molecular formula is C33H40ClFN4O4S. The molecule has 2 heterocycles. The van der Waals surface area contributed by atoms with Gasteiger partial charge in [0, 0.05) is 60.6 Å². The number of hydrogen-bond donors (Lipinski definition) is 3. The summed E-state index contributed by atoms with van der Waals surface area (Å²) >= 11 is 6.14. The number of rotatable bonds is 10.